The summed E-state index contributed by atoms with van der Waals surface area (Å²) >= 11 is 1.18. The van der Waals surface area contributed by atoms with Crippen LogP contribution < -0.4 is 5.32 Å². The summed E-state index contributed by atoms with van der Waals surface area (Å²) in [4.78, 5) is 35.1. The second-order valence-electron chi connectivity index (χ2n) is 10.6. The van der Waals surface area contributed by atoms with E-state index >= 15 is 0 Å². The normalized spacial score (nSPS) is 14.4. The molecule has 0 saturated heterocycles. The Morgan fingerprint density at radius 3 is 2.35 bits per heavy atom. The highest BCUT2D eigenvalue weighted by Crippen LogP contribution is 2.32. The summed E-state index contributed by atoms with van der Waals surface area (Å²) in [5.41, 5.74) is -0.498. The number of anilines is 1. The van der Waals surface area contributed by atoms with Gasteiger partial charge in [-0.3, -0.25) is 15.0 Å². The quantitative estimate of drug-likeness (QED) is 0.256. The lowest BCUT2D eigenvalue weighted by Gasteiger charge is -2.44. The Kier molecular flexibility index (Phi) is 9.96. The predicted molar refractivity (Wildman–Crippen MR) is 146 cm³/mol. The van der Waals surface area contributed by atoms with Crippen molar-refractivity contribution in [3.63, 3.8) is 0 Å². The Morgan fingerprint density at radius 1 is 1.15 bits per heavy atom. The number of carboxylic acid groups (broad SMARTS) is 1. The smallest absolute Gasteiger partial charge is 0.416 e. The first-order valence-electron chi connectivity index (χ1n) is 12.8. The van der Waals surface area contributed by atoms with Crippen LogP contribution in [0.1, 0.15) is 52.5 Å². The Hall–Kier alpha value is -3.45. The fourth-order valence-electron chi connectivity index (χ4n) is 4.43. The van der Waals surface area contributed by atoms with E-state index < -0.39 is 47.3 Å². The van der Waals surface area contributed by atoms with Gasteiger partial charge in [0.05, 0.1) is 29.7 Å². The van der Waals surface area contributed by atoms with E-state index in [9.17, 15) is 33.0 Å². The van der Waals surface area contributed by atoms with Crippen LogP contribution in [-0.4, -0.2) is 59.8 Å². The topological polar surface area (TPSA) is 121 Å². The summed E-state index contributed by atoms with van der Waals surface area (Å²) in [6, 6.07) is 2.88. The van der Waals surface area contributed by atoms with Crippen molar-refractivity contribution in [2.24, 2.45) is 5.41 Å². The summed E-state index contributed by atoms with van der Waals surface area (Å²) in [6.45, 7) is 7.65. The van der Waals surface area contributed by atoms with Gasteiger partial charge in [-0.25, -0.2) is 14.8 Å². The number of hydrogen-bond acceptors (Lipinski definition) is 6. The number of aliphatic hydroxyl groups excluding tert-OH is 1. The molecule has 2 amide bonds. The molecule has 0 bridgehead atoms. The third-order valence-corrected chi connectivity index (χ3v) is 7.28. The minimum absolute atomic E-state index is 0.132. The van der Waals surface area contributed by atoms with Gasteiger partial charge >= 0.3 is 12.3 Å². The molecule has 3 N–H and O–H groups in total. The molecule has 0 aliphatic rings. The lowest BCUT2D eigenvalue weighted by atomic mass is 9.83. The molecular formula is C27H34F3N5O4S. The number of carbonyl (C=O) groups excluding carboxylic acids is 1. The summed E-state index contributed by atoms with van der Waals surface area (Å²) in [5.74, 6) is -0.748. The number of hydrogen-bond donors (Lipinski definition) is 3. The minimum Gasteiger partial charge on any atom is -0.465 e. The van der Waals surface area contributed by atoms with Gasteiger partial charge in [-0.2, -0.15) is 13.2 Å². The first-order chi connectivity index (χ1) is 18.7. The number of benzene rings is 1. The maximum absolute atomic E-state index is 12.9. The van der Waals surface area contributed by atoms with E-state index in [1.165, 1.54) is 36.0 Å². The van der Waals surface area contributed by atoms with Gasteiger partial charge in [0.2, 0.25) is 0 Å². The van der Waals surface area contributed by atoms with E-state index in [0.29, 0.717) is 22.8 Å². The van der Waals surface area contributed by atoms with Crippen molar-refractivity contribution in [1.82, 2.24) is 19.4 Å². The lowest BCUT2D eigenvalue weighted by molar-refractivity contribution is -0.137. The van der Waals surface area contributed by atoms with Gasteiger partial charge in [0.15, 0.2) is 11.2 Å². The highest BCUT2D eigenvalue weighted by molar-refractivity contribution is 7.13. The second kappa shape index (κ2) is 12.8. The zero-order valence-corrected chi connectivity index (χ0v) is 23.5. The van der Waals surface area contributed by atoms with Crippen LogP contribution in [0.4, 0.5) is 23.1 Å². The van der Waals surface area contributed by atoms with Crippen molar-refractivity contribution >= 4 is 28.5 Å². The molecule has 0 aliphatic heterocycles. The highest BCUT2D eigenvalue weighted by Gasteiger charge is 2.42. The van der Waals surface area contributed by atoms with E-state index in [1.54, 1.807) is 16.1 Å². The Labute approximate surface area is 234 Å². The molecule has 1 aromatic carbocycles. The van der Waals surface area contributed by atoms with Crippen LogP contribution in [0.25, 0.3) is 11.3 Å². The van der Waals surface area contributed by atoms with Crippen molar-refractivity contribution < 1.29 is 33.0 Å². The standard InChI is InChI=1S/C27H34F3N5O4S/c1-5-6-7-20(22(36)23(37)33-24-31-12-13-40-24)35(25(38)39)21(26(2,3)4)15-34-14-19(32-16-34)17-8-10-18(11-9-17)27(28,29)30/h8-14,16,20-22,36H,5-7,15H2,1-4H3,(H,38,39)(H,31,33,37)/t20-,21+,22-/m0/s1. The van der Waals surface area contributed by atoms with Gasteiger partial charge in [0.25, 0.3) is 5.91 Å². The summed E-state index contributed by atoms with van der Waals surface area (Å²) in [5, 5.41) is 26.0. The molecule has 13 heteroatoms. The third-order valence-electron chi connectivity index (χ3n) is 6.59. The number of aromatic nitrogens is 3. The van der Waals surface area contributed by atoms with Crippen molar-refractivity contribution in [3.05, 3.63) is 53.9 Å². The molecule has 0 radical (unpaired) electrons. The summed E-state index contributed by atoms with van der Waals surface area (Å²) < 4.78 is 40.5. The van der Waals surface area contributed by atoms with E-state index in [-0.39, 0.29) is 13.0 Å². The number of aliphatic hydroxyl groups is 1. The number of imidazole rings is 1. The van der Waals surface area contributed by atoms with Gasteiger partial charge in [0, 0.05) is 29.9 Å². The van der Waals surface area contributed by atoms with Gasteiger partial charge in [-0.1, -0.05) is 52.7 Å². The number of nitrogens with zero attached hydrogens (tertiary/aromatic N) is 4. The Balaban J connectivity index is 1.90. The molecule has 2 aromatic heterocycles. The van der Waals surface area contributed by atoms with Crippen LogP contribution in [0.2, 0.25) is 0 Å². The van der Waals surface area contributed by atoms with Gasteiger partial charge in [-0.05, 0) is 24.0 Å². The van der Waals surface area contributed by atoms with E-state index in [1.807, 2.05) is 27.7 Å². The van der Waals surface area contributed by atoms with Crippen LogP contribution in [0, 0.1) is 5.41 Å². The average molecular weight is 582 g/mol. The van der Waals surface area contributed by atoms with E-state index in [2.05, 4.69) is 15.3 Å². The maximum Gasteiger partial charge on any atom is 0.416 e. The molecule has 0 saturated carbocycles. The number of carbonyl (C=O) groups is 2. The zero-order valence-electron chi connectivity index (χ0n) is 22.7. The number of halogens is 3. The van der Waals surface area contributed by atoms with Crippen LogP contribution in [-0.2, 0) is 17.5 Å². The van der Waals surface area contributed by atoms with E-state index in [0.717, 1.165) is 23.5 Å². The molecule has 3 rings (SSSR count). The molecule has 9 nitrogen and oxygen atoms in total. The average Bonchev–Trinajstić information content (AvgIpc) is 3.56. The number of amides is 2. The van der Waals surface area contributed by atoms with Gasteiger partial charge in [0.1, 0.15) is 0 Å². The number of unbranched alkanes of at least 4 members (excludes halogenated alkanes) is 1. The van der Waals surface area contributed by atoms with Crippen molar-refractivity contribution in [1.29, 1.82) is 0 Å². The third kappa shape index (κ3) is 7.81. The minimum atomic E-state index is -4.45. The monoisotopic (exact) mass is 581 g/mol. The molecule has 0 unspecified atom stereocenters. The summed E-state index contributed by atoms with van der Waals surface area (Å²) in [7, 11) is 0. The largest absolute Gasteiger partial charge is 0.465 e. The molecule has 3 aromatic rings. The predicted octanol–water partition coefficient (Wildman–Crippen LogP) is 5.98. The highest BCUT2D eigenvalue weighted by atomic mass is 32.1. The molecule has 40 heavy (non-hydrogen) atoms. The molecule has 0 spiro atoms. The SMILES string of the molecule is CCCC[C@@H]([C@H](O)C(=O)Nc1nccs1)N(C(=O)O)[C@H](Cn1cnc(-c2ccc(C(F)(F)F)cc2)c1)C(C)(C)C. The second-order valence-corrected chi connectivity index (χ2v) is 11.5. The van der Waals surface area contributed by atoms with Gasteiger partial charge < -0.3 is 14.8 Å². The number of thiazole rings is 1. The van der Waals surface area contributed by atoms with Crippen LogP contribution >= 0.6 is 11.3 Å². The first-order valence-corrected chi connectivity index (χ1v) is 13.7. The van der Waals surface area contributed by atoms with E-state index in [4.69, 9.17) is 0 Å². The molecule has 0 aliphatic carbocycles. The van der Waals surface area contributed by atoms with Crippen LogP contribution in [0.15, 0.2) is 48.4 Å². The van der Waals surface area contributed by atoms with Crippen LogP contribution in [0.5, 0.6) is 0 Å². The maximum atomic E-state index is 12.9. The van der Waals surface area contributed by atoms with Crippen LogP contribution in [0.3, 0.4) is 0 Å². The fourth-order valence-corrected chi connectivity index (χ4v) is 4.96. The molecule has 218 valence electrons. The van der Waals surface area contributed by atoms with Gasteiger partial charge in [-0.15, -0.1) is 11.3 Å². The Morgan fingerprint density at radius 2 is 1.82 bits per heavy atom. The molecule has 2 heterocycles. The van der Waals surface area contributed by atoms with Crippen molar-refractivity contribution in [3.8, 4) is 11.3 Å². The Bertz CT molecular complexity index is 1260. The molecule has 0 fully saturated rings. The van der Waals surface area contributed by atoms with Crippen molar-refractivity contribution in [2.45, 2.75) is 77.9 Å². The first kappa shape index (κ1) is 31.1. The zero-order chi connectivity index (χ0) is 29.7. The molecular weight excluding hydrogens is 547 g/mol. The molecule has 3 atom stereocenters. The lowest BCUT2D eigenvalue weighted by Crippen LogP contribution is -2.59. The number of nitrogens with one attached hydrogen (secondary N) is 1. The fraction of sp³-hybridized carbons (Fsp3) is 0.481. The number of rotatable bonds is 11. The number of alkyl halides is 3. The van der Waals surface area contributed by atoms with Crippen molar-refractivity contribution in [2.75, 3.05) is 5.32 Å². The summed E-state index contributed by atoms with van der Waals surface area (Å²) in [6.07, 6.45) is -1.21.